The summed E-state index contributed by atoms with van der Waals surface area (Å²) >= 11 is 4.89. The molecule has 0 amide bonds. The third-order valence-corrected chi connectivity index (χ3v) is 4.48. The van der Waals surface area contributed by atoms with Gasteiger partial charge in [-0.1, -0.05) is 6.07 Å². The molecule has 0 aliphatic heterocycles. The smallest absolute Gasteiger partial charge is 0.342 e. The summed E-state index contributed by atoms with van der Waals surface area (Å²) in [5.74, 6) is -0.993. The number of thiophene rings is 1. The zero-order valence-corrected chi connectivity index (χ0v) is 14.3. The Morgan fingerprint density at radius 2 is 1.91 bits per heavy atom. The van der Waals surface area contributed by atoms with Gasteiger partial charge in [0.2, 0.25) is 0 Å². The predicted molar refractivity (Wildman–Crippen MR) is 85.5 cm³/mol. The predicted octanol–water partition coefficient (Wildman–Crippen LogP) is 3.66. The maximum absolute atomic E-state index is 12.0. The minimum absolute atomic E-state index is 0.0625. The van der Waals surface area contributed by atoms with Crippen LogP contribution in [0.3, 0.4) is 0 Å². The van der Waals surface area contributed by atoms with Crippen molar-refractivity contribution in [1.82, 2.24) is 0 Å². The van der Waals surface area contributed by atoms with E-state index in [2.05, 4.69) is 20.7 Å². The van der Waals surface area contributed by atoms with Gasteiger partial charge in [-0.25, -0.2) is 9.59 Å². The van der Waals surface area contributed by atoms with Crippen LogP contribution in [0, 0.1) is 0 Å². The van der Waals surface area contributed by atoms with Crippen molar-refractivity contribution >= 4 is 39.2 Å². The van der Waals surface area contributed by atoms with E-state index in [1.165, 1.54) is 31.6 Å². The van der Waals surface area contributed by atoms with E-state index in [0.29, 0.717) is 0 Å². The number of carbonyl (C=O) groups excluding carboxylic acids is 2. The average molecular weight is 385 g/mol. The molecular formula is C15H13BrO5S. The molecule has 0 saturated carbocycles. The molecule has 1 heterocycles. The maximum Gasteiger partial charge on any atom is 0.342 e. The Bertz CT molecular complexity index is 695. The van der Waals surface area contributed by atoms with Crippen molar-refractivity contribution in [2.75, 3.05) is 14.2 Å². The lowest BCUT2D eigenvalue weighted by atomic mass is 10.1. The second kappa shape index (κ2) is 7.42. The van der Waals surface area contributed by atoms with Crippen LogP contribution in [0.1, 0.15) is 25.6 Å². The molecule has 0 atom stereocenters. The molecule has 0 saturated heterocycles. The fraction of sp³-hybridized carbons (Fsp3) is 0.200. The Morgan fingerprint density at radius 1 is 1.18 bits per heavy atom. The van der Waals surface area contributed by atoms with Crippen molar-refractivity contribution < 1.29 is 23.8 Å². The molecule has 116 valence electrons. The van der Waals surface area contributed by atoms with Crippen LogP contribution in [0.15, 0.2) is 34.1 Å². The van der Waals surface area contributed by atoms with Gasteiger partial charge in [0.15, 0.2) is 0 Å². The highest BCUT2D eigenvalue weighted by Gasteiger charge is 2.23. The summed E-state index contributed by atoms with van der Waals surface area (Å²) in [5.41, 5.74) is 0.173. The first kappa shape index (κ1) is 16.5. The van der Waals surface area contributed by atoms with Crippen molar-refractivity contribution in [1.29, 1.82) is 0 Å². The van der Waals surface area contributed by atoms with Gasteiger partial charge in [-0.15, -0.1) is 11.3 Å². The van der Waals surface area contributed by atoms with Gasteiger partial charge >= 0.3 is 11.9 Å². The molecule has 0 bridgehead atoms. The second-order valence-electron chi connectivity index (χ2n) is 4.18. The maximum atomic E-state index is 12.0. The zero-order valence-electron chi connectivity index (χ0n) is 11.9. The number of benzene rings is 1. The second-order valence-corrected chi connectivity index (χ2v) is 6.09. The van der Waals surface area contributed by atoms with Gasteiger partial charge < -0.3 is 14.2 Å². The number of methoxy groups -OCH3 is 2. The van der Waals surface area contributed by atoms with Crippen molar-refractivity contribution in [2.45, 2.75) is 6.61 Å². The summed E-state index contributed by atoms with van der Waals surface area (Å²) in [4.78, 5) is 24.7. The minimum Gasteiger partial charge on any atom is -0.487 e. The molecule has 0 aliphatic carbocycles. The zero-order chi connectivity index (χ0) is 16.1. The topological polar surface area (TPSA) is 61.8 Å². The van der Waals surface area contributed by atoms with E-state index in [1.807, 2.05) is 11.4 Å². The number of carbonyl (C=O) groups is 2. The first-order chi connectivity index (χ1) is 10.6. The Kier molecular flexibility index (Phi) is 5.57. The van der Waals surface area contributed by atoms with Gasteiger partial charge in [0.05, 0.1) is 19.8 Å². The Balaban J connectivity index is 2.33. The third-order valence-electron chi connectivity index (χ3n) is 2.81. The standard InChI is InChI=1S/C15H13BrO5S/c1-19-14(17)11-4-3-5-12(13(11)15(18)20-2)21-7-10-6-9(16)8-22-10/h3-6,8H,7H2,1-2H3. The molecular weight excluding hydrogens is 372 g/mol. The number of hydrogen-bond acceptors (Lipinski definition) is 6. The Labute approximate surface area is 139 Å². The summed E-state index contributed by atoms with van der Waals surface area (Å²) < 4.78 is 16.1. The molecule has 0 radical (unpaired) electrons. The molecule has 7 heteroatoms. The molecule has 0 fully saturated rings. The lowest BCUT2D eigenvalue weighted by Gasteiger charge is -2.12. The van der Waals surface area contributed by atoms with Gasteiger partial charge in [0.25, 0.3) is 0 Å². The minimum atomic E-state index is -0.650. The van der Waals surface area contributed by atoms with Crippen molar-refractivity contribution in [3.05, 3.63) is 50.1 Å². The molecule has 0 aliphatic rings. The van der Waals surface area contributed by atoms with Crippen LogP contribution in [0.25, 0.3) is 0 Å². The van der Waals surface area contributed by atoms with Gasteiger partial charge in [0.1, 0.15) is 17.9 Å². The number of esters is 2. The molecule has 0 unspecified atom stereocenters. The Morgan fingerprint density at radius 3 is 2.50 bits per heavy atom. The van der Waals surface area contributed by atoms with Crippen LogP contribution in [0.5, 0.6) is 5.75 Å². The summed E-state index contributed by atoms with van der Waals surface area (Å²) in [6.07, 6.45) is 0. The lowest BCUT2D eigenvalue weighted by Crippen LogP contribution is -2.13. The molecule has 2 rings (SSSR count). The fourth-order valence-electron chi connectivity index (χ4n) is 1.82. The molecule has 2 aromatic rings. The molecule has 1 aromatic carbocycles. The molecule has 0 N–H and O–H groups in total. The average Bonchev–Trinajstić information content (AvgIpc) is 2.96. The van der Waals surface area contributed by atoms with Crippen LogP contribution < -0.4 is 4.74 Å². The number of ether oxygens (including phenoxy) is 3. The lowest BCUT2D eigenvalue weighted by molar-refractivity contribution is 0.0551. The van der Waals surface area contributed by atoms with Crippen molar-refractivity contribution in [2.24, 2.45) is 0 Å². The highest BCUT2D eigenvalue weighted by molar-refractivity contribution is 9.10. The van der Waals surface area contributed by atoms with Crippen LogP contribution in [0.2, 0.25) is 0 Å². The highest BCUT2D eigenvalue weighted by Crippen LogP contribution is 2.27. The normalized spacial score (nSPS) is 10.1. The number of hydrogen-bond donors (Lipinski definition) is 0. The van der Waals surface area contributed by atoms with Crippen molar-refractivity contribution in [3.8, 4) is 5.75 Å². The first-order valence-electron chi connectivity index (χ1n) is 6.22. The number of rotatable bonds is 5. The first-order valence-corrected chi connectivity index (χ1v) is 7.89. The summed E-state index contributed by atoms with van der Waals surface area (Å²) in [7, 11) is 2.50. The van der Waals surface area contributed by atoms with E-state index in [0.717, 1.165) is 9.35 Å². The summed E-state index contributed by atoms with van der Waals surface area (Å²) in [6.45, 7) is 0.283. The van der Waals surface area contributed by atoms with E-state index in [4.69, 9.17) is 9.47 Å². The van der Waals surface area contributed by atoms with Crippen LogP contribution in [-0.4, -0.2) is 26.2 Å². The van der Waals surface area contributed by atoms with E-state index in [1.54, 1.807) is 12.1 Å². The highest BCUT2D eigenvalue weighted by atomic mass is 79.9. The van der Waals surface area contributed by atoms with E-state index >= 15 is 0 Å². The van der Waals surface area contributed by atoms with Crippen molar-refractivity contribution in [3.63, 3.8) is 0 Å². The summed E-state index contributed by atoms with van der Waals surface area (Å²) in [6, 6.07) is 6.65. The fourth-order valence-corrected chi connectivity index (χ4v) is 3.18. The number of halogens is 1. The molecule has 22 heavy (non-hydrogen) atoms. The van der Waals surface area contributed by atoms with E-state index < -0.39 is 11.9 Å². The largest absolute Gasteiger partial charge is 0.487 e. The van der Waals surface area contributed by atoms with Crippen LogP contribution in [0.4, 0.5) is 0 Å². The van der Waals surface area contributed by atoms with Crippen LogP contribution >= 0.6 is 27.3 Å². The molecule has 5 nitrogen and oxygen atoms in total. The summed E-state index contributed by atoms with van der Waals surface area (Å²) in [5, 5.41) is 1.94. The molecule has 1 aromatic heterocycles. The molecule has 0 spiro atoms. The van der Waals surface area contributed by atoms with E-state index in [9.17, 15) is 9.59 Å². The van der Waals surface area contributed by atoms with E-state index in [-0.39, 0.29) is 23.5 Å². The monoisotopic (exact) mass is 384 g/mol. The Hall–Kier alpha value is -1.86. The quantitative estimate of drug-likeness (QED) is 0.736. The van der Waals surface area contributed by atoms with Gasteiger partial charge in [-0.3, -0.25) is 0 Å². The van der Waals surface area contributed by atoms with Gasteiger partial charge in [0, 0.05) is 14.7 Å². The van der Waals surface area contributed by atoms with Gasteiger partial charge in [-0.05, 0) is 34.1 Å². The van der Waals surface area contributed by atoms with Crippen LogP contribution in [-0.2, 0) is 16.1 Å². The third kappa shape index (κ3) is 3.66. The van der Waals surface area contributed by atoms with Gasteiger partial charge in [-0.2, -0.15) is 0 Å². The SMILES string of the molecule is COC(=O)c1cccc(OCc2cc(Br)cs2)c1C(=O)OC.